The van der Waals surface area contributed by atoms with Crippen LogP contribution < -0.4 is 4.72 Å². The van der Waals surface area contributed by atoms with Gasteiger partial charge in [0, 0.05) is 18.0 Å². The zero-order chi connectivity index (χ0) is 8.20. The molecule has 0 aliphatic rings. The van der Waals surface area contributed by atoms with Crippen molar-refractivity contribution in [3.63, 3.8) is 0 Å². The van der Waals surface area contributed by atoms with E-state index in [0.29, 0.717) is 18.0 Å². The highest BCUT2D eigenvalue weighted by Gasteiger charge is 2.00. The third-order valence-electron chi connectivity index (χ3n) is 0.726. The van der Waals surface area contributed by atoms with Crippen LogP contribution in [0, 0.1) is 0 Å². The predicted octanol–water partition coefficient (Wildman–Crippen LogP) is 0.678. The van der Waals surface area contributed by atoms with E-state index < -0.39 is 10.0 Å². The molecule has 0 heterocycles. The summed E-state index contributed by atoms with van der Waals surface area (Å²) in [6.07, 6.45) is 1.54. The molecule has 3 nitrogen and oxygen atoms in total. The second-order valence-corrected chi connectivity index (χ2v) is 4.04. The average molecular weight is 184 g/mol. The minimum absolute atomic E-state index is 0.376. The van der Waals surface area contributed by atoms with Gasteiger partial charge < -0.3 is 0 Å². The maximum Gasteiger partial charge on any atom is 0.229 e. The van der Waals surface area contributed by atoms with Gasteiger partial charge in [0.1, 0.15) is 0 Å². The first-order chi connectivity index (χ1) is 4.45. The Morgan fingerprint density at radius 3 is 2.50 bits per heavy atom. The summed E-state index contributed by atoms with van der Waals surface area (Å²) in [5.74, 6) is 0.376. The molecule has 0 unspecified atom stereocenters. The zero-order valence-electron chi connectivity index (χ0n) is 5.72. The lowest BCUT2D eigenvalue weighted by Gasteiger charge is -2.03. The Kier molecular flexibility index (Phi) is 3.75. The van der Waals surface area contributed by atoms with E-state index in [1.54, 1.807) is 0 Å². The summed E-state index contributed by atoms with van der Waals surface area (Å²) in [6.45, 7) is 3.46. The molecule has 0 radical (unpaired) electrons. The SMILES string of the molecule is C=C(CCCl)NS(C)(=O)=O. The Balaban J connectivity index is 3.82. The molecule has 60 valence electrons. The van der Waals surface area contributed by atoms with Gasteiger partial charge in [-0.3, -0.25) is 4.72 Å². The van der Waals surface area contributed by atoms with Crippen molar-refractivity contribution in [2.45, 2.75) is 6.42 Å². The first kappa shape index (κ1) is 9.78. The van der Waals surface area contributed by atoms with Gasteiger partial charge in [-0.2, -0.15) is 0 Å². The van der Waals surface area contributed by atoms with E-state index in [1.807, 2.05) is 0 Å². The first-order valence-corrected chi connectivity index (χ1v) is 5.10. The number of nitrogens with one attached hydrogen (secondary N) is 1. The normalized spacial score (nSPS) is 11.0. The van der Waals surface area contributed by atoms with Crippen molar-refractivity contribution in [3.05, 3.63) is 12.3 Å². The fourth-order valence-electron chi connectivity index (χ4n) is 0.427. The lowest BCUT2D eigenvalue weighted by atomic mass is 10.4. The van der Waals surface area contributed by atoms with Crippen molar-refractivity contribution in [3.8, 4) is 0 Å². The van der Waals surface area contributed by atoms with Crippen LogP contribution in [0.25, 0.3) is 0 Å². The molecule has 0 aliphatic heterocycles. The predicted molar refractivity (Wildman–Crippen MR) is 42.5 cm³/mol. The number of hydrogen-bond donors (Lipinski definition) is 1. The number of sulfonamides is 1. The van der Waals surface area contributed by atoms with Gasteiger partial charge in [-0.05, 0) is 0 Å². The molecule has 5 heteroatoms. The highest BCUT2D eigenvalue weighted by atomic mass is 35.5. The summed E-state index contributed by atoms with van der Waals surface area (Å²) in [5.41, 5.74) is 0.428. The maximum absolute atomic E-state index is 10.5. The molecule has 0 aromatic rings. The topological polar surface area (TPSA) is 46.2 Å². The Morgan fingerprint density at radius 2 is 2.20 bits per heavy atom. The third-order valence-corrected chi connectivity index (χ3v) is 1.57. The molecule has 10 heavy (non-hydrogen) atoms. The van der Waals surface area contributed by atoms with Gasteiger partial charge in [0.2, 0.25) is 10.0 Å². The van der Waals surface area contributed by atoms with Gasteiger partial charge in [-0.15, -0.1) is 11.6 Å². The van der Waals surface area contributed by atoms with Crippen molar-refractivity contribution < 1.29 is 8.42 Å². The van der Waals surface area contributed by atoms with Gasteiger partial charge in [0.15, 0.2) is 0 Å². The molecule has 0 spiro atoms. The molecule has 1 N–H and O–H groups in total. The number of hydrogen-bond acceptors (Lipinski definition) is 2. The molecule has 0 saturated heterocycles. The second kappa shape index (κ2) is 3.83. The van der Waals surface area contributed by atoms with Crippen LogP contribution in [0.1, 0.15) is 6.42 Å². The van der Waals surface area contributed by atoms with E-state index in [2.05, 4.69) is 11.3 Å². The maximum atomic E-state index is 10.5. The van der Waals surface area contributed by atoms with E-state index in [-0.39, 0.29) is 0 Å². The number of allylic oxidation sites excluding steroid dienone is 1. The standard InChI is InChI=1S/C5H10ClNO2S/c1-5(3-4-6)7-10(2,8)9/h7H,1,3-4H2,2H3. The number of rotatable bonds is 4. The molecular formula is C5H10ClNO2S. The number of halogens is 1. The molecule has 0 amide bonds. The van der Waals surface area contributed by atoms with E-state index in [9.17, 15) is 8.42 Å². The van der Waals surface area contributed by atoms with Crippen molar-refractivity contribution >= 4 is 21.6 Å². The minimum atomic E-state index is -3.15. The Bertz CT molecular complexity index is 210. The third kappa shape index (κ3) is 5.91. The molecule has 0 aromatic carbocycles. The zero-order valence-corrected chi connectivity index (χ0v) is 7.30. The summed E-state index contributed by atoms with van der Waals surface area (Å²) < 4.78 is 23.2. The van der Waals surface area contributed by atoms with Crippen molar-refractivity contribution in [1.82, 2.24) is 4.72 Å². The van der Waals surface area contributed by atoms with E-state index in [1.165, 1.54) is 0 Å². The Morgan fingerprint density at radius 1 is 1.70 bits per heavy atom. The fourth-order valence-corrected chi connectivity index (χ4v) is 1.28. The lowest BCUT2D eigenvalue weighted by Crippen LogP contribution is -2.20. The Labute approximate surface area is 66.1 Å². The minimum Gasteiger partial charge on any atom is -0.288 e. The summed E-state index contributed by atoms with van der Waals surface area (Å²) in [6, 6.07) is 0. The van der Waals surface area contributed by atoms with Crippen LogP contribution in [0.5, 0.6) is 0 Å². The second-order valence-electron chi connectivity index (χ2n) is 1.92. The summed E-state index contributed by atoms with van der Waals surface area (Å²) in [7, 11) is -3.15. The quantitative estimate of drug-likeness (QED) is 0.652. The van der Waals surface area contributed by atoms with Crippen LogP contribution in [0.15, 0.2) is 12.3 Å². The van der Waals surface area contributed by atoms with Gasteiger partial charge in [0.25, 0.3) is 0 Å². The summed E-state index contributed by atoms with van der Waals surface area (Å²) in [4.78, 5) is 0. The molecule has 0 aromatic heterocycles. The van der Waals surface area contributed by atoms with Crippen LogP contribution >= 0.6 is 11.6 Å². The van der Waals surface area contributed by atoms with Crippen LogP contribution in [0.3, 0.4) is 0 Å². The first-order valence-electron chi connectivity index (χ1n) is 2.67. The van der Waals surface area contributed by atoms with Crippen LogP contribution in [0.2, 0.25) is 0 Å². The van der Waals surface area contributed by atoms with Crippen molar-refractivity contribution in [1.29, 1.82) is 0 Å². The van der Waals surface area contributed by atoms with Gasteiger partial charge >= 0.3 is 0 Å². The van der Waals surface area contributed by atoms with Gasteiger partial charge in [-0.1, -0.05) is 6.58 Å². The van der Waals surface area contributed by atoms with Crippen LogP contribution in [-0.2, 0) is 10.0 Å². The van der Waals surface area contributed by atoms with E-state index in [4.69, 9.17) is 11.6 Å². The lowest BCUT2D eigenvalue weighted by molar-refractivity contribution is 0.594. The molecule has 0 bridgehead atoms. The largest absolute Gasteiger partial charge is 0.288 e. The molecule has 0 atom stereocenters. The average Bonchev–Trinajstić information content (AvgIpc) is 1.59. The Hall–Kier alpha value is -0.220. The highest BCUT2D eigenvalue weighted by molar-refractivity contribution is 7.88. The molecule has 0 aliphatic carbocycles. The summed E-state index contributed by atoms with van der Waals surface area (Å²) in [5, 5.41) is 0. The highest BCUT2D eigenvalue weighted by Crippen LogP contribution is 1.96. The molecular weight excluding hydrogens is 174 g/mol. The van der Waals surface area contributed by atoms with Crippen LogP contribution in [-0.4, -0.2) is 20.6 Å². The van der Waals surface area contributed by atoms with E-state index in [0.717, 1.165) is 6.26 Å². The van der Waals surface area contributed by atoms with Crippen molar-refractivity contribution in [2.75, 3.05) is 12.1 Å². The monoisotopic (exact) mass is 183 g/mol. The summed E-state index contributed by atoms with van der Waals surface area (Å²) >= 11 is 5.33. The fraction of sp³-hybridized carbons (Fsp3) is 0.600. The molecule has 0 saturated carbocycles. The number of alkyl halides is 1. The van der Waals surface area contributed by atoms with Gasteiger partial charge in [0.05, 0.1) is 6.26 Å². The van der Waals surface area contributed by atoms with Crippen molar-refractivity contribution in [2.24, 2.45) is 0 Å². The smallest absolute Gasteiger partial charge is 0.229 e. The molecule has 0 rings (SSSR count). The van der Waals surface area contributed by atoms with Crippen LogP contribution in [0.4, 0.5) is 0 Å². The van der Waals surface area contributed by atoms with Gasteiger partial charge in [-0.25, -0.2) is 8.42 Å². The van der Waals surface area contributed by atoms with E-state index >= 15 is 0 Å². The molecule has 0 fully saturated rings.